The summed E-state index contributed by atoms with van der Waals surface area (Å²) in [6.07, 6.45) is 0.783. The van der Waals surface area contributed by atoms with Crippen LogP contribution in [0.2, 0.25) is 0 Å². The second-order valence-electron chi connectivity index (χ2n) is 8.89. The fourth-order valence-electron chi connectivity index (χ4n) is 4.70. The molecule has 0 radical (unpaired) electrons. The Hall–Kier alpha value is -1.04. The Morgan fingerprint density at radius 3 is 1.03 bits per heavy atom. The number of guanidine groups is 2. The van der Waals surface area contributed by atoms with Gasteiger partial charge in [-0.25, -0.2) is 0 Å². The van der Waals surface area contributed by atoms with E-state index in [-0.39, 0.29) is 37.4 Å². The summed E-state index contributed by atoms with van der Waals surface area (Å²) in [5.74, 6) is 1.96. The molecule has 2 rings (SSSR count). The lowest BCUT2D eigenvalue weighted by molar-refractivity contribution is -0.944. The molecule has 0 spiro atoms. The first-order valence-electron chi connectivity index (χ1n) is 9.85. The third kappa shape index (κ3) is 5.23. The predicted octanol–water partition coefficient (Wildman–Crippen LogP) is -9.91. The highest BCUT2D eigenvalue weighted by Gasteiger charge is 2.62. The lowest BCUT2D eigenvalue weighted by atomic mass is 10.4. The van der Waals surface area contributed by atoms with Crippen molar-refractivity contribution in [3.05, 3.63) is 0 Å². The van der Waals surface area contributed by atoms with Crippen LogP contribution in [0.1, 0.15) is 0 Å². The van der Waals surface area contributed by atoms with E-state index in [1.54, 1.807) is 0 Å². The van der Waals surface area contributed by atoms with Crippen LogP contribution in [-0.4, -0.2) is 151 Å². The van der Waals surface area contributed by atoms with Gasteiger partial charge in [-0.05, 0) is 14.1 Å². The van der Waals surface area contributed by atoms with Crippen molar-refractivity contribution in [1.82, 2.24) is 29.4 Å². The lowest BCUT2D eigenvalue weighted by Gasteiger charge is -2.31. The van der Waals surface area contributed by atoms with Gasteiger partial charge in [-0.1, -0.05) is 0 Å². The minimum absolute atomic E-state index is 0. The number of halogens is 2. The highest BCUT2D eigenvalue weighted by Crippen LogP contribution is 2.17. The van der Waals surface area contributed by atoms with E-state index in [2.05, 4.69) is 57.6 Å². The summed E-state index contributed by atoms with van der Waals surface area (Å²) in [5.41, 5.74) is 0. The topological polar surface area (TPSA) is 53.0 Å². The molecule has 6 unspecified atom stereocenters. The van der Waals surface area contributed by atoms with Crippen LogP contribution in [0.5, 0.6) is 0 Å². The van der Waals surface area contributed by atoms with Crippen LogP contribution in [0, 0.1) is 0 Å². The minimum Gasteiger partial charge on any atom is -1.00 e. The molecule has 2 N–H and O–H groups in total. The Balaban J connectivity index is 0.00000420. The summed E-state index contributed by atoms with van der Waals surface area (Å²) >= 11 is 0. The van der Waals surface area contributed by atoms with Crippen molar-refractivity contribution < 1.29 is 34.6 Å². The fraction of sp³-hybridized carbons (Fsp3) is 0.889. The van der Waals surface area contributed by atoms with Crippen LogP contribution in [0.15, 0.2) is 9.98 Å². The average Bonchev–Trinajstić information content (AvgIpc) is 2.95. The van der Waals surface area contributed by atoms with Crippen LogP contribution in [0.3, 0.4) is 0 Å². The fourth-order valence-corrected chi connectivity index (χ4v) is 4.70. The van der Waals surface area contributed by atoms with Gasteiger partial charge >= 0.3 is 0 Å². The number of nitrogens with one attached hydrogen (secondary N) is 2. The van der Waals surface area contributed by atoms with Crippen LogP contribution in [0.25, 0.3) is 0 Å². The van der Waals surface area contributed by atoms with E-state index in [4.69, 9.17) is 9.98 Å². The van der Waals surface area contributed by atoms with Crippen LogP contribution in [0.4, 0.5) is 0 Å². The Morgan fingerprint density at radius 1 is 0.600 bits per heavy atom. The molecule has 2 saturated heterocycles. The molecule has 0 saturated carbocycles. The molecule has 0 amide bonds. The number of nitrogens with zero attached hydrogens (tertiary/aromatic N) is 8. The lowest BCUT2D eigenvalue weighted by Crippen LogP contribution is -3.18. The Kier molecular flexibility index (Phi) is 10.6. The predicted molar refractivity (Wildman–Crippen MR) is 114 cm³/mol. The molecule has 0 bridgehead atoms. The zero-order valence-corrected chi connectivity index (χ0v) is 22.2. The largest absolute Gasteiger partial charge is 1.00 e. The van der Waals surface area contributed by atoms with Crippen molar-refractivity contribution in [2.75, 3.05) is 84.6 Å². The van der Waals surface area contributed by atoms with Gasteiger partial charge in [-0.2, -0.15) is 19.8 Å². The monoisotopic (exact) mass is 468 g/mol. The standard InChI is InChI=1S/C18H40N10.2ClH/c1-21(2)15(22(3)4)19-17-25(9)13-14(26(17)10)28(12)18(27(13)11)20-16(23(5)6)24(7)8;;/h13-14,17-18H,1-12H3;2*1H. The average molecular weight is 470 g/mol. The molecule has 30 heavy (non-hydrogen) atoms. The maximum atomic E-state index is 5.10. The van der Waals surface area contributed by atoms with Gasteiger partial charge in [-0.3, -0.25) is 9.80 Å². The highest BCUT2D eigenvalue weighted by atomic mass is 35.5. The van der Waals surface area contributed by atoms with Gasteiger partial charge in [0.25, 0.3) is 12.6 Å². The molecule has 2 fully saturated rings. The second kappa shape index (κ2) is 11.0. The van der Waals surface area contributed by atoms with Crippen LogP contribution >= 0.6 is 0 Å². The first kappa shape index (κ1) is 29.0. The summed E-state index contributed by atoms with van der Waals surface area (Å²) in [7, 11) is 25.2. The van der Waals surface area contributed by atoms with E-state index in [0.717, 1.165) is 11.9 Å². The molecule has 0 aliphatic carbocycles. The SMILES string of the molecule is CN(C)C(=NC1N(C)C2C(N(C)C(N=C(N(C)C)N(C)C)[NH+]2C)[NH+]1C)N(C)C.[Cl-].[Cl-]. The minimum atomic E-state index is 0. The van der Waals surface area contributed by atoms with Crippen molar-refractivity contribution in [3.63, 3.8) is 0 Å². The molecule has 6 atom stereocenters. The molecule has 2 aliphatic heterocycles. The van der Waals surface area contributed by atoms with E-state index >= 15 is 0 Å². The van der Waals surface area contributed by atoms with Gasteiger partial charge in [-0.15, -0.1) is 0 Å². The highest BCUT2D eigenvalue weighted by molar-refractivity contribution is 5.79. The Labute approximate surface area is 195 Å². The molecule has 2 heterocycles. The third-order valence-corrected chi connectivity index (χ3v) is 5.77. The normalized spacial score (nSPS) is 30.5. The van der Waals surface area contributed by atoms with E-state index in [0.29, 0.717) is 12.3 Å². The molecular weight excluding hydrogens is 427 g/mol. The van der Waals surface area contributed by atoms with Crippen molar-refractivity contribution in [3.8, 4) is 0 Å². The van der Waals surface area contributed by atoms with Crippen molar-refractivity contribution in [2.45, 2.75) is 24.9 Å². The van der Waals surface area contributed by atoms with Gasteiger partial charge in [0.15, 0.2) is 0 Å². The summed E-state index contributed by atoms with van der Waals surface area (Å²) in [4.78, 5) is 26.0. The smallest absolute Gasteiger partial charge is 0.250 e. The third-order valence-electron chi connectivity index (χ3n) is 5.77. The molecule has 178 valence electrons. The van der Waals surface area contributed by atoms with Gasteiger partial charge < -0.3 is 44.4 Å². The number of rotatable bonds is 2. The Bertz CT molecular complexity index is 518. The van der Waals surface area contributed by atoms with Gasteiger partial charge in [0.2, 0.25) is 24.3 Å². The summed E-state index contributed by atoms with van der Waals surface area (Å²) in [6.45, 7) is 0. The summed E-state index contributed by atoms with van der Waals surface area (Å²) in [6, 6.07) is 0. The first-order valence-corrected chi connectivity index (χ1v) is 9.85. The zero-order valence-electron chi connectivity index (χ0n) is 20.6. The van der Waals surface area contributed by atoms with E-state index < -0.39 is 0 Å². The van der Waals surface area contributed by atoms with Gasteiger partial charge in [0.1, 0.15) is 0 Å². The summed E-state index contributed by atoms with van der Waals surface area (Å²) < 4.78 is 0. The molecule has 12 heteroatoms. The number of fused-ring (bicyclic) bond motifs is 1. The number of quaternary nitrogens is 2. The molecule has 10 nitrogen and oxygen atoms in total. The van der Waals surface area contributed by atoms with Gasteiger partial charge in [0.05, 0.1) is 14.1 Å². The number of hydrogen-bond donors (Lipinski definition) is 2. The van der Waals surface area contributed by atoms with Crippen LogP contribution < -0.4 is 34.6 Å². The molecule has 0 aromatic carbocycles. The number of likely N-dealkylation sites (N-methyl/N-ethyl adjacent to an activating group) is 4. The Morgan fingerprint density at radius 2 is 0.833 bits per heavy atom. The molecular formula is C18H42Cl2N10. The summed E-state index contributed by atoms with van der Waals surface area (Å²) in [5, 5.41) is 0. The van der Waals surface area contributed by atoms with Crippen molar-refractivity contribution in [2.24, 2.45) is 9.98 Å². The van der Waals surface area contributed by atoms with Crippen LogP contribution in [-0.2, 0) is 0 Å². The van der Waals surface area contributed by atoms with Crippen molar-refractivity contribution >= 4 is 11.9 Å². The number of aliphatic imine (C=N–C) groups is 2. The maximum Gasteiger partial charge on any atom is 0.250 e. The maximum absolute atomic E-state index is 5.10. The van der Waals surface area contributed by atoms with Gasteiger partial charge in [0, 0.05) is 56.4 Å². The molecule has 0 aromatic rings. The second-order valence-corrected chi connectivity index (χ2v) is 8.89. The van der Waals surface area contributed by atoms with E-state index in [9.17, 15) is 0 Å². The van der Waals surface area contributed by atoms with E-state index in [1.165, 1.54) is 9.80 Å². The molecule has 0 aromatic heterocycles. The van der Waals surface area contributed by atoms with Crippen molar-refractivity contribution in [1.29, 1.82) is 0 Å². The first-order chi connectivity index (χ1) is 12.9. The van der Waals surface area contributed by atoms with E-state index in [1.807, 2.05) is 56.4 Å². The molecule has 2 aliphatic rings. The quantitative estimate of drug-likeness (QED) is 0.310. The number of hydrogen-bond acceptors (Lipinski definition) is 4. The zero-order chi connectivity index (χ0) is 21.5.